The molecule has 0 aliphatic heterocycles. The minimum atomic E-state index is -2.58. The topological polar surface area (TPSA) is 139 Å². The van der Waals surface area contributed by atoms with Gasteiger partial charge >= 0.3 is 0 Å². The molecule has 0 amide bonds. The highest BCUT2D eigenvalue weighted by Gasteiger charge is 2.14. The molecule has 0 saturated heterocycles. The molecule has 25 heavy (non-hydrogen) atoms. The Hall–Kier alpha value is -2.50. The van der Waals surface area contributed by atoms with Crippen LogP contribution in [0.15, 0.2) is 27.8 Å². The number of aliphatic hydroxyl groups is 1. The van der Waals surface area contributed by atoms with Crippen LogP contribution in [0.3, 0.4) is 0 Å². The first-order chi connectivity index (χ1) is 11.8. The molecule has 0 saturated carbocycles. The second-order valence-corrected chi connectivity index (χ2v) is 7.53. The van der Waals surface area contributed by atoms with Crippen molar-refractivity contribution < 1.29 is 18.3 Å². The minimum absolute atomic E-state index is 0.0469. The van der Waals surface area contributed by atoms with Crippen molar-refractivity contribution in [2.45, 2.75) is 6.92 Å². The van der Waals surface area contributed by atoms with Gasteiger partial charge in [-0.25, -0.2) is 18.7 Å². The molecule has 0 aliphatic carbocycles. The average Bonchev–Trinajstić information content (AvgIpc) is 3.04. The summed E-state index contributed by atoms with van der Waals surface area (Å²) in [6.07, 6.45) is 1.37. The average molecular weight is 370 g/mol. The van der Waals surface area contributed by atoms with Gasteiger partial charge in [0.25, 0.3) is 0 Å². The van der Waals surface area contributed by atoms with E-state index in [1.54, 1.807) is 13.0 Å². The van der Waals surface area contributed by atoms with E-state index in [2.05, 4.69) is 30.0 Å². The van der Waals surface area contributed by atoms with Crippen LogP contribution in [0, 0.1) is 12.7 Å². The molecule has 0 spiro atoms. The second-order valence-electron chi connectivity index (χ2n) is 5.22. The number of nitrogens with two attached hydrogens (primary N) is 1. The van der Waals surface area contributed by atoms with Crippen LogP contribution >= 0.6 is 0 Å². The molecule has 0 radical (unpaired) electrons. The summed E-state index contributed by atoms with van der Waals surface area (Å²) in [6.45, 7) is 2.23. The van der Waals surface area contributed by atoms with Crippen LogP contribution in [0.2, 0.25) is 0 Å². The van der Waals surface area contributed by atoms with Gasteiger partial charge in [-0.1, -0.05) is 0 Å². The van der Waals surface area contributed by atoms with Crippen molar-refractivity contribution in [2.24, 2.45) is 10.7 Å². The standard InChI is InChI=1S/C14H19FN6O3S/c1-9-7-10(3-4-11(9)15)19-13(16)12-14(21-24-20-12)17-5-6-18-25(2,23)8-22/h3-4,7-8,22H,5-6H2,1-2H3,(H2,16,19)(H,17,21)(H,18,23). The Bertz CT molecular complexity index is 888. The highest BCUT2D eigenvalue weighted by molar-refractivity contribution is 7.98. The Morgan fingerprint density at radius 2 is 2.24 bits per heavy atom. The smallest absolute Gasteiger partial charge is 0.202 e. The molecule has 1 aromatic carbocycles. The van der Waals surface area contributed by atoms with Crippen molar-refractivity contribution in [3.05, 3.63) is 35.3 Å². The third kappa shape index (κ3) is 5.24. The Morgan fingerprint density at radius 3 is 2.92 bits per heavy atom. The monoisotopic (exact) mass is 370 g/mol. The van der Waals surface area contributed by atoms with Gasteiger partial charge in [0.05, 0.1) is 15.4 Å². The number of anilines is 1. The number of amidine groups is 1. The fraction of sp³-hybridized carbons (Fsp3) is 0.286. The lowest BCUT2D eigenvalue weighted by atomic mass is 10.2. The molecule has 2 aromatic rings. The zero-order valence-electron chi connectivity index (χ0n) is 13.7. The fourth-order valence-corrected chi connectivity index (χ4v) is 2.42. The van der Waals surface area contributed by atoms with Crippen LogP contribution in [-0.2, 0) is 9.71 Å². The maximum absolute atomic E-state index is 13.3. The van der Waals surface area contributed by atoms with Crippen molar-refractivity contribution in [1.29, 1.82) is 0 Å². The summed E-state index contributed by atoms with van der Waals surface area (Å²) >= 11 is 0. The Balaban J connectivity index is 2.05. The first-order valence-electron chi connectivity index (χ1n) is 7.21. The van der Waals surface area contributed by atoms with Gasteiger partial charge in [0.1, 0.15) is 11.4 Å². The maximum Gasteiger partial charge on any atom is 0.202 e. The number of nitrogens with one attached hydrogen (secondary N) is 2. The van der Waals surface area contributed by atoms with Gasteiger partial charge in [0, 0.05) is 19.3 Å². The third-order valence-corrected chi connectivity index (χ3v) is 4.31. The molecule has 1 unspecified atom stereocenters. The van der Waals surface area contributed by atoms with Gasteiger partial charge < -0.3 is 16.2 Å². The molecule has 2 rings (SSSR count). The van der Waals surface area contributed by atoms with Crippen molar-refractivity contribution in [2.75, 3.05) is 24.7 Å². The summed E-state index contributed by atoms with van der Waals surface area (Å²) in [4.78, 5) is 4.17. The SMILES string of the molecule is Cc1cc(N=C(N)c2nonc2NCCNS(C)(=O)=CO)ccc1F. The highest BCUT2D eigenvalue weighted by atomic mass is 32.2. The number of aliphatic hydroxyl groups excluding tert-OH is 1. The predicted octanol–water partition coefficient (Wildman–Crippen LogP) is 0.703. The summed E-state index contributed by atoms with van der Waals surface area (Å²) in [7, 11) is -2.58. The van der Waals surface area contributed by atoms with Crippen LogP contribution in [0.5, 0.6) is 0 Å². The molecule has 1 atom stereocenters. The zero-order valence-corrected chi connectivity index (χ0v) is 14.5. The molecular formula is C14H19FN6O3S. The number of halogens is 1. The number of nitrogens with zero attached hydrogens (tertiary/aromatic N) is 3. The fourth-order valence-electron chi connectivity index (χ4n) is 1.83. The number of benzene rings is 1. The quantitative estimate of drug-likeness (QED) is 0.243. The number of hydrogen-bond donors (Lipinski definition) is 4. The van der Waals surface area contributed by atoms with Crippen LogP contribution < -0.4 is 15.8 Å². The molecule has 11 heteroatoms. The predicted molar refractivity (Wildman–Crippen MR) is 95.1 cm³/mol. The first-order valence-corrected chi connectivity index (χ1v) is 9.23. The van der Waals surface area contributed by atoms with E-state index in [1.807, 2.05) is 0 Å². The molecule has 0 aliphatic rings. The molecule has 1 aromatic heterocycles. The van der Waals surface area contributed by atoms with Crippen molar-refractivity contribution in [1.82, 2.24) is 15.0 Å². The van der Waals surface area contributed by atoms with Crippen molar-refractivity contribution in [3.8, 4) is 0 Å². The zero-order chi connectivity index (χ0) is 18.4. The molecule has 0 bridgehead atoms. The van der Waals surface area contributed by atoms with Gasteiger partial charge in [-0.3, -0.25) is 4.21 Å². The normalized spacial score (nSPS) is 14.2. The first kappa shape index (κ1) is 18.8. The van der Waals surface area contributed by atoms with E-state index >= 15 is 0 Å². The highest BCUT2D eigenvalue weighted by Crippen LogP contribution is 2.18. The van der Waals surface area contributed by atoms with E-state index in [0.29, 0.717) is 23.3 Å². The lowest BCUT2D eigenvalue weighted by Gasteiger charge is -2.07. The van der Waals surface area contributed by atoms with Crippen molar-refractivity contribution >= 4 is 32.6 Å². The van der Waals surface area contributed by atoms with E-state index < -0.39 is 9.71 Å². The minimum Gasteiger partial charge on any atom is -0.382 e. The number of aryl methyl sites for hydroxylation is 1. The Labute approximate surface area is 144 Å². The van der Waals surface area contributed by atoms with Crippen molar-refractivity contribution in [3.63, 3.8) is 0 Å². The largest absolute Gasteiger partial charge is 0.382 e. The summed E-state index contributed by atoms with van der Waals surface area (Å²) in [6, 6.07) is 4.34. The molecule has 9 nitrogen and oxygen atoms in total. The molecule has 136 valence electrons. The maximum atomic E-state index is 13.3. The van der Waals surface area contributed by atoms with E-state index in [0.717, 1.165) is 0 Å². The van der Waals surface area contributed by atoms with Crippen LogP contribution in [0.25, 0.3) is 0 Å². The molecule has 0 fully saturated rings. The number of rotatable bonds is 7. The summed E-state index contributed by atoms with van der Waals surface area (Å²) < 4.78 is 32.2. The lowest BCUT2D eigenvalue weighted by Crippen LogP contribution is -2.29. The van der Waals surface area contributed by atoms with Gasteiger partial charge in [-0.05, 0) is 41.0 Å². The van der Waals surface area contributed by atoms with Crippen LogP contribution in [-0.4, -0.2) is 50.4 Å². The van der Waals surface area contributed by atoms with E-state index in [9.17, 15) is 8.60 Å². The summed E-state index contributed by atoms with van der Waals surface area (Å²) in [5, 5.41) is 19.1. The Morgan fingerprint density at radius 1 is 1.48 bits per heavy atom. The number of aromatic nitrogens is 2. The van der Waals surface area contributed by atoms with Gasteiger partial charge in [0.2, 0.25) is 5.82 Å². The summed E-state index contributed by atoms with van der Waals surface area (Å²) in [5.74, 6) is -0.0220. The molecule has 5 N–H and O–H groups in total. The second kappa shape index (κ2) is 8.05. The summed E-state index contributed by atoms with van der Waals surface area (Å²) in [5.41, 5.74) is 7.64. The third-order valence-electron chi connectivity index (χ3n) is 3.13. The van der Waals surface area contributed by atoms with E-state index in [-0.39, 0.29) is 29.7 Å². The van der Waals surface area contributed by atoms with Gasteiger partial charge in [-0.15, -0.1) is 0 Å². The van der Waals surface area contributed by atoms with Crippen LogP contribution in [0.4, 0.5) is 15.9 Å². The Kier molecular flexibility index (Phi) is 6.07. The van der Waals surface area contributed by atoms with E-state index in [1.165, 1.54) is 18.4 Å². The molecular weight excluding hydrogens is 351 g/mol. The molecule has 1 heterocycles. The number of hydrogen-bond acceptors (Lipinski definition) is 6. The van der Waals surface area contributed by atoms with E-state index in [4.69, 9.17) is 10.8 Å². The van der Waals surface area contributed by atoms with Gasteiger partial charge in [0.15, 0.2) is 11.5 Å². The lowest BCUT2D eigenvalue weighted by molar-refractivity contribution is 0.308. The van der Waals surface area contributed by atoms with Crippen LogP contribution in [0.1, 0.15) is 11.3 Å². The van der Waals surface area contributed by atoms with Gasteiger partial charge in [-0.2, -0.15) is 0 Å². The number of aliphatic imine (C=N–C) groups is 1.